The monoisotopic (exact) mass is 364 g/mol. The number of hydrogen-bond acceptors (Lipinski definition) is 7. The van der Waals surface area contributed by atoms with Gasteiger partial charge in [-0.3, -0.25) is 4.79 Å². The van der Waals surface area contributed by atoms with Crippen molar-refractivity contribution < 1.29 is 28.4 Å². The summed E-state index contributed by atoms with van der Waals surface area (Å²) in [4.78, 5) is 11.6. The SMILES string of the molecule is N[C@@H]1CC[C@H]1NS(=O)(=O)N1C[C@H](CCCB(O)O)[C@](N)(C(=O)O)C1. The number of nitrogens with two attached hydrogens (primary N) is 2. The number of aliphatic carboxylic acids is 1. The molecule has 1 heterocycles. The smallest absolute Gasteiger partial charge is 0.451 e. The Kier molecular flexibility index (Phi) is 5.90. The largest absolute Gasteiger partial charge is 0.480 e. The minimum Gasteiger partial charge on any atom is -0.480 e. The Balaban J connectivity index is 2.06. The Hall–Kier alpha value is -0.755. The molecule has 1 saturated heterocycles. The van der Waals surface area contributed by atoms with E-state index in [4.69, 9.17) is 21.5 Å². The van der Waals surface area contributed by atoms with E-state index in [1.807, 2.05) is 0 Å². The summed E-state index contributed by atoms with van der Waals surface area (Å²) in [5, 5.41) is 27.2. The first-order valence-corrected chi connectivity index (χ1v) is 9.41. The van der Waals surface area contributed by atoms with Crippen molar-refractivity contribution in [3.63, 3.8) is 0 Å². The van der Waals surface area contributed by atoms with E-state index < -0.39 is 34.8 Å². The summed E-state index contributed by atoms with van der Waals surface area (Å²) in [5.74, 6) is -1.88. The van der Waals surface area contributed by atoms with Gasteiger partial charge in [0.1, 0.15) is 5.54 Å². The Morgan fingerprint density at radius 2 is 2.04 bits per heavy atom. The maximum Gasteiger partial charge on any atom is 0.451 e. The molecule has 0 spiro atoms. The van der Waals surface area contributed by atoms with Crippen molar-refractivity contribution in [2.75, 3.05) is 13.1 Å². The minimum absolute atomic E-state index is 0.0262. The van der Waals surface area contributed by atoms with Crippen LogP contribution in [0.5, 0.6) is 0 Å². The molecule has 0 aromatic rings. The highest BCUT2D eigenvalue weighted by molar-refractivity contribution is 7.87. The van der Waals surface area contributed by atoms with Crippen LogP contribution in [0.4, 0.5) is 0 Å². The summed E-state index contributed by atoms with van der Waals surface area (Å²) in [5.41, 5.74) is 10.0. The molecule has 0 unspecified atom stereocenters. The van der Waals surface area contributed by atoms with Crippen molar-refractivity contribution in [1.82, 2.24) is 9.03 Å². The van der Waals surface area contributed by atoms with Gasteiger partial charge < -0.3 is 26.6 Å². The van der Waals surface area contributed by atoms with Crippen LogP contribution in [0.2, 0.25) is 6.32 Å². The molecule has 0 radical (unpaired) electrons. The van der Waals surface area contributed by atoms with Gasteiger partial charge in [0.15, 0.2) is 0 Å². The lowest BCUT2D eigenvalue weighted by Gasteiger charge is -2.35. The average molecular weight is 364 g/mol. The zero-order valence-electron chi connectivity index (χ0n) is 13.3. The van der Waals surface area contributed by atoms with Gasteiger partial charge in [-0.05, 0) is 25.6 Å². The van der Waals surface area contributed by atoms with E-state index in [1.54, 1.807) is 0 Å². The van der Waals surface area contributed by atoms with Gasteiger partial charge in [0.2, 0.25) is 0 Å². The molecular formula is C12H25BN4O6S. The highest BCUT2D eigenvalue weighted by Gasteiger charge is 2.52. The molecule has 12 heteroatoms. The van der Waals surface area contributed by atoms with Crippen LogP contribution in [0, 0.1) is 5.92 Å². The summed E-state index contributed by atoms with van der Waals surface area (Å²) in [6, 6.07) is -0.568. The fraction of sp³-hybridized carbons (Fsp3) is 0.917. The number of nitrogens with zero attached hydrogens (tertiary/aromatic N) is 1. The van der Waals surface area contributed by atoms with E-state index in [9.17, 15) is 18.3 Å². The number of carboxylic acids is 1. The average Bonchev–Trinajstić information content (AvgIpc) is 2.83. The first-order chi connectivity index (χ1) is 11.1. The predicted octanol–water partition coefficient (Wildman–Crippen LogP) is -2.72. The van der Waals surface area contributed by atoms with Crippen molar-refractivity contribution in [1.29, 1.82) is 0 Å². The molecule has 10 nitrogen and oxygen atoms in total. The van der Waals surface area contributed by atoms with E-state index >= 15 is 0 Å². The Morgan fingerprint density at radius 1 is 1.38 bits per heavy atom. The van der Waals surface area contributed by atoms with E-state index in [1.165, 1.54) is 0 Å². The summed E-state index contributed by atoms with van der Waals surface area (Å²) in [6.45, 7) is -0.354. The zero-order chi connectivity index (χ0) is 18.1. The molecule has 0 aromatic heterocycles. The first kappa shape index (κ1) is 19.6. The van der Waals surface area contributed by atoms with Crippen LogP contribution in [0.1, 0.15) is 25.7 Å². The van der Waals surface area contributed by atoms with Gasteiger partial charge in [-0.25, -0.2) is 0 Å². The molecule has 2 rings (SSSR count). The Bertz CT molecular complexity index is 576. The molecule has 1 saturated carbocycles. The summed E-state index contributed by atoms with van der Waals surface area (Å²) in [6.07, 6.45) is 2.10. The maximum absolute atomic E-state index is 12.5. The lowest BCUT2D eigenvalue weighted by molar-refractivity contribution is -0.144. The van der Waals surface area contributed by atoms with Crippen molar-refractivity contribution >= 4 is 23.3 Å². The summed E-state index contributed by atoms with van der Waals surface area (Å²) >= 11 is 0. The number of nitrogens with one attached hydrogen (secondary N) is 1. The van der Waals surface area contributed by atoms with Gasteiger partial charge in [-0.15, -0.1) is 0 Å². The summed E-state index contributed by atoms with van der Waals surface area (Å²) < 4.78 is 28.4. The molecule has 1 aliphatic heterocycles. The van der Waals surface area contributed by atoms with Crippen molar-refractivity contribution in [2.45, 2.75) is 49.6 Å². The third-order valence-corrected chi connectivity index (χ3v) is 6.53. The molecule has 1 aliphatic carbocycles. The van der Waals surface area contributed by atoms with Gasteiger partial charge in [0, 0.05) is 31.1 Å². The van der Waals surface area contributed by atoms with E-state index in [2.05, 4.69) is 4.72 Å². The van der Waals surface area contributed by atoms with Crippen molar-refractivity contribution in [3.05, 3.63) is 0 Å². The molecule has 4 atom stereocenters. The second-order valence-electron chi connectivity index (χ2n) is 6.72. The van der Waals surface area contributed by atoms with E-state index in [0.29, 0.717) is 12.8 Å². The maximum atomic E-state index is 12.5. The fourth-order valence-electron chi connectivity index (χ4n) is 3.15. The molecular weight excluding hydrogens is 339 g/mol. The summed E-state index contributed by atoms with van der Waals surface area (Å²) in [7, 11) is -5.35. The van der Waals surface area contributed by atoms with Gasteiger partial charge >= 0.3 is 13.1 Å². The molecule has 0 bridgehead atoms. The van der Waals surface area contributed by atoms with Crippen LogP contribution in [0.25, 0.3) is 0 Å². The van der Waals surface area contributed by atoms with Gasteiger partial charge in [-0.1, -0.05) is 6.42 Å². The molecule has 0 amide bonds. The van der Waals surface area contributed by atoms with Crippen molar-refractivity contribution in [2.24, 2.45) is 17.4 Å². The topological polar surface area (TPSA) is 179 Å². The minimum atomic E-state index is -3.87. The molecule has 138 valence electrons. The number of hydrogen-bond donors (Lipinski definition) is 6. The molecule has 8 N–H and O–H groups in total. The molecule has 0 aromatic carbocycles. The lowest BCUT2D eigenvalue weighted by Crippen LogP contribution is -2.58. The third-order valence-electron chi connectivity index (χ3n) is 4.97. The highest BCUT2D eigenvalue weighted by atomic mass is 32.2. The van der Waals surface area contributed by atoms with Crippen LogP contribution in [-0.4, -0.2) is 71.7 Å². The van der Waals surface area contributed by atoms with E-state index in [-0.39, 0.29) is 37.9 Å². The zero-order valence-corrected chi connectivity index (χ0v) is 14.2. The molecule has 2 aliphatic rings. The lowest BCUT2D eigenvalue weighted by atomic mass is 9.78. The second-order valence-corrected chi connectivity index (χ2v) is 8.42. The number of carbonyl (C=O) groups is 1. The quantitative estimate of drug-likeness (QED) is 0.251. The van der Waals surface area contributed by atoms with Gasteiger partial charge in [0.25, 0.3) is 10.2 Å². The first-order valence-electron chi connectivity index (χ1n) is 7.97. The molecule has 2 fully saturated rings. The number of rotatable bonds is 8. The third kappa shape index (κ3) is 4.07. The standard InChI is InChI=1S/C12H25BN4O6S/c14-9-3-4-10(9)16-24(22,23)17-6-8(2-1-5-13(20)21)12(15,7-17)11(18)19/h8-10,16,20-21H,1-7,14-15H2,(H,18,19)/t8-,9+,10+,12-/m0/s1. The number of carboxylic acid groups (broad SMARTS) is 1. The van der Waals surface area contributed by atoms with E-state index in [0.717, 1.165) is 10.7 Å². The van der Waals surface area contributed by atoms with Crippen LogP contribution in [-0.2, 0) is 15.0 Å². The van der Waals surface area contributed by atoms with Crippen LogP contribution in [0.15, 0.2) is 0 Å². The van der Waals surface area contributed by atoms with Gasteiger partial charge in [-0.2, -0.15) is 17.4 Å². The van der Waals surface area contributed by atoms with Crippen molar-refractivity contribution in [3.8, 4) is 0 Å². The van der Waals surface area contributed by atoms with Gasteiger partial charge in [0.05, 0.1) is 0 Å². The van der Waals surface area contributed by atoms with Crippen LogP contribution < -0.4 is 16.2 Å². The normalized spacial score (nSPS) is 34.1. The second kappa shape index (κ2) is 7.24. The van der Waals surface area contributed by atoms with Crippen LogP contribution >= 0.6 is 0 Å². The van der Waals surface area contributed by atoms with Crippen LogP contribution in [0.3, 0.4) is 0 Å². The predicted molar refractivity (Wildman–Crippen MR) is 86.9 cm³/mol. The Labute approximate surface area is 141 Å². The highest BCUT2D eigenvalue weighted by Crippen LogP contribution is 2.32. The fourth-order valence-corrected chi connectivity index (χ4v) is 4.74. The Morgan fingerprint density at radius 3 is 2.50 bits per heavy atom. The molecule has 24 heavy (non-hydrogen) atoms.